The van der Waals surface area contributed by atoms with Gasteiger partial charge in [-0.15, -0.1) is 0 Å². The van der Waals surface area contributed by atoms with E-state index in [9.17, 15) is 4.79 Å². The molecule has 0 unspecified atom stereocenters. The second kappa shape index (κ2) is 7.59. The summed E-state index contributed by atoms with van der Waals surface area (Å²) in [6.07, 6.45) is 12.3. The van der Waals surface area contributed by atoms with Crippen LogP contribution in [0.25, 0.3) is 34.2 Å². The summed E-state index contributed by atoms with van der Waals surface area (Å²) in [6.45, 7) is 2.19. The van der Waals surface area contributed by atoms with E-state index in [0.717, 1.165) is 57.2 Å². The van der Waals surface area contributed by atoms with E-state index in [0.29, 0.717) is 5.92 Å². The Kier molecular flexibility index (Phi) is 4.64. The summed E-state index contributed by atoms with van der Waals surface area (Å²) in [5.74, 6) is 0.521. The number of carbonyl (C=O) groups excluding carboxylic acids is 1. The minimum absolute atomic E-state index is 0.117. The molecule has 5 nitrogen and oxygen atoms in total. The zero-order chi connectivity index (χ0) is 20.5. The van der Waals surface area contributed by atoms with Crippen LogP contribution in [0.1, 0.15) is 30.9 Å². The predicted octanol–water partition coefficient (Wildman–Crippen LogP) is 5.04. The molecule has 2 aromatic heterocycles. The third kappa shape index (κ3) is 3.62. The molecule has 0 spiro atoms. The van der Waals surface area contributed by atoms with Crippen LogP contribution < -0.4 is 0 Å². The summed E-state index contributed by atoms with van der Waals surface area (Å²) < 4.78 is 0. The fraction of sp³-hybridized carbons (Fsp3) is 0.160. The lowest BCUT2D eigenvalue weighted by Gasteiger charge is -2.22. The Morgan fingerprint density at radius 1 is 0.700 bits per heavy atom. The first-order valence-corrected chi connectivity index (χ1v) is 10.0. The molecule has 5 rings (SSSR count). The van der Waals surface area contributed by atoms with Crippen LogP contribution in [0.5, 0.6) is 0 Å². The molecule has 1 aliphatic carbocycles. The number of aromatic nitrogens is 4. The van der Waals surface area contributed by atoms with Gasteiger partial charge < -0.3 is 0 Å². The molecule has 1 saturated carbocycles. The zero-order valence-corrected chi connectivity index (χ0v) is 16.6. The summed E-state index contributed by atoms with van der Waals surface area (Å²) in [5.41, 5.74) is 6.98. The molecule has 0 radical (unpaired) electrons. The maximum Gasteiger partial charge on any atom is 0.185 e. The average Bonchev–Trinajstić information content (AvgIpc) is 2.77. The van der Waals surface area contributed by atoms with Crippen LogP contribution >= 0.6 is 0 Å². The van der Waals surface area contributed by atoms with Gasteiger partial charge in [0, 0.05) is 35.9 Å². The molecule has 1 aliphatic rings. The number of hydrogen-bond donors (Lipinski definition) is 0. The predicted molar refractivity (Wildman–Crippen MR) is 118 cm³/mol. The molecule has 0 atom stereocenters. The second-order valence-electron chi connectivity index (χ2n) is 7.79. The number of ketones is 1. The van der Waals surface area contributed by atoms with Gasteiger partial charge in [-0.25, -0.2) is 0 Å². The number of hydrogen-bond acceptors (Lipinski definition) is 5. The SMILES string of the molecule is CC1CC(=Cc2ccc3nccnc3c2)C(=O)C(=Cc2ccc3nccnc3c2)C1. The molecule has 0 saturated heterocycles. The minimum Gasteiger partial charge on any atom is -0.289 e. The van der Waals surface area contributed by atoms with Gasteiger partial charge >= 0.3 is 0 Å². The van der Waals surface area contributed by atoms with E-state index in [1.807, 2.05) is 48.6 Å². The largest absolute Gasteiger partial charge is 0.289 e. The van der Waals surface area contributed by atoms with Gasteiger partial charge in [0.05, 0.1) is 22.1 Å². The molecule has 0 aliphatic heterocycles. The average molecular weight is 392 g/mol. The van der Waals surface area contributed by atoms with E-state index in [1.54, 1.807) is 24.8 Å². The van der Waals surface area contributed by atoms with Gasteiger partial charge in [0.25, 0.3) is 0 Å². The number of Topliss-reactive ketones (excluding diaryl/α,β-unsaturated/α-hetero) is 1. The Bertz CT molecular complexity index is 1240. The number of allylic oxidation sites excluding steroid dienone is 2. The van der Waals surface area contributed by atoms with Crippen molar-refractivity contribution >= 4 is 40.0 Å². The van der Waals surface area contributed by atoms with Crippen LogP contribution in [0.2, 0.25) is 0 Å². The third-order valence-corrected chi connectivity index (χ3v) is 5.39. The van der Waals surface area contributed by atoms with Crippen LogP contribution in [0.15, 0.2) is 72.3 Å². The van der Waals surface area contributed by atoms with E-state index in [-0.39, 0.29) is 5.78 Å². The Morgan fingerprint density at radius 3 is 1.60 bits per heavy atom. The zero-order valence-electron chi connectivity index (χ0n) is 16.6. The fourth-order valence-electron chi connectivity index (χ4n) is 4.01. The van der Waals surface area contributed by atoms with Crippen molar-refractivity contribution in [2.45, 2.75) is 19.8 Å². The molecule has 0 bridgehead atoms. The van der Waals surface area contributed by atoms with Crippen molar-refractivity contribution in [3.8, 4) is 0 Å². The van der Waals surface area contributed by atoms with Gasteiger partial charge in [-0.05, 0) is 66.3 Å². The number of rotatable bonds is 2. The maximum absolute atomic E-state index is 13.2. The van der Waals surface area contributed by atoms with Gasteiger partial charge in [0.2, 0.25) is 0 Å². The lowest BCUT2D eigenvalue weighted by molar-refractivity contribution is -0.113. The highest BCUT2D eigenvalue weighted by Crippen LogP contribution is 2.32. The van der Waals surface area contributed by atoms with E-state index >= 15 is 0 Å². The van der Waals surface area contributed by atoms with Gasteiger partial charge in [-0.3, -0.25) is 24.7 Å². The molecule has 4 aromatic rings. The van der Waals surface area contributed by atoms with Crippen molar-refractivity contribution < 1.29 is 4.79 Å². The van der Waals surface area contributed by atoms with Gasteiger partial charge in [0.15, 0.2) is 5.78 Å². The molecular formula is C25H20N4O. The number of benzene rings is 2. The fourth-order valence-corrected chi connectivity index (χ4v) is 4.01. The summed E-state index contributed by atoms with van der Waals surface area (Å²) in [4.78, 5) is 30.6. The van der Waals surface area contributed by atoms with Crippen molar-refractivity contribution in [2.24, 2.45) is 5.92 Å². The smallest absolute Gasteiger partial charge is 0.185 e. The van der Waals surface area contributed by atoms with E-state index in [4.69, 9.17) is 0 Å². The Hall–Kier alpha value is -3.73. The maximum atomic E-state index is 13.2. The van der Waals surface area contributed by atoms with Crippen LogP contribution in [0.3, 0.4) is 0 Å². The lowest BCUT2D eigenvalue weighted by atomic mass is 9.81. The number of fused-ring (bicyclic) bond motifs is 2. The molecule has 1 fully saturated rings. The summed E-state index contributed by atoms with van der Waals surface area (Å²) in [6, 6.07) is 11.8. The second-order valence-corrected chi connectivity index (χ2v) is 7.79. The standard InChI is InChI=1S/C25H20N4O/c1-16-10-19(12-17-2-4-21-23(14-17)28-8-6-26-21)25(30)20(11-16)13-18-3-5-22-24(15-18)29-9-7-27-22/h2-9,12-16H,10-11H2,1H3. The first-order chi connectivity index (χ1) is 14.7. The Morgan fingerprint density at radius 2 is 1.13 bits per heavy atom. The Labute approximate surface area is 174 Å². The normalized spacial score (nSPS) is 19.8. The number of carbonyl (C=O) groups is 1. The van der Waals surface area contributed by atoms with Crippen LogP contribution in [0, 0.1) is 5.92 Å². The molecule has 5 heteroatoms. The first-order valence-electron chi connectivity index (χ1n) is 10.0. The van der Waals surface area contributed by atoms with E-state index in [1.165, 1.54) is 0 Å². The van der Waals surface area contributed by atoms with Crippen molar-refractivity contribution in [1.82, 2.24) is 19.9 Å². The minimum atomic E-state index is 0.117. The molecule has 30 heavy (non-hydrogen) atoms. The molecular weight excluding hydrogens is 372 g/mol. The summed E-state index contributed by atoms with van der Waals surface area (Å²) >= 11 is 0. The van der Waals surface area contributed by atoms with E-state index in [2.05, 4.69) is 26.9 Å². The topological polar surface area (TPSA) is 68.6 Å². The molecule has 0 amide bonds. The lowest BCUT2D eigenvalue weighted by Crippen LogP contribution is -2.18. The monoisotopic (exact) mass is 392 g/mol. The first kappa shape index (κ1) is 18.3. The Balaban J connectivity index is 1.50. The van der Waals surface area contributed by atoms with Crippen molar-refractivity contribution in [3.05, 3.63) is 83.5 Å². The van der Waals surface area contributed by atoms with Crippen LogP contribution in [0.4, 0.5) is 0 Å². The quantitative estimate of drug-likeness (QED) is 0.447. The van der Waals surface area contributed by atoms with Crippen molar-refractivity contribution in [1.29, 1.82) is 0 Å². The van der Waals surface area contributed by atoms with Crippen molar-refractivity contribution in [3.63, 3.8) is 0 Å². The highest BCUT2D eigenvalue weighted by Gasteiger charge is 2.25. The number of nitrogens with zero attached hydrogens (tertiary/aromatic N) is 4. The molecule has 146 valence electrons. The summed E-state index contributed by atoms with van der Waals surface area (Å²) in [5, 5.41) is 0. The van der Waals surface area contributed by atoms with Crippen molar-refractivity contribution in [2.75, 3.05) is 0 Å². The van der Waals surface area contributed by atoms with Gasteiger partial charge in [0.1, 0.15) is 0 Å². The molecule has 2 heterocycles. The van der Waals surface area contributed by atoms with E-state index < -0.39 is 0 Å². The summed E-state index contributed by atoms with van der Waals surface area (Å²) in [7, 11) is 0. The highest BCUT2D eigenvalue weighted by atomic mass is 16.1. The van der Waals surface area contributed by atoms with Crippen LogP contribution in [-0.2, 0) is 4.79 Å². The molecule has 0 N–H and O–H groups in total. The van der Waals surface area contributed by atoms with Crippen LogP contribution in [-0.4, -0.2) is 25.7 Å². The van der Waals surface area contributed by atoms with Gasteiger partial charge in [-0.1, -0.05) is 19.1 Å². The third-order valence-electron chi connectivity index (χ3n) is 5.39. The molecule has 2 aromatic carbocycles. The van der Waals surface area contributed by atoms with Gasteiger partial charge in [-0.2, -0.15) is 0 Å². The highest BCUT2D eigenvalue weighted by molar-refractivity contribution is 6.14.